The molecule has 0 amide bonds. The molecule has 0 radical (unpaired) electrons. The van der Waals surface area contributed by atoms with Crippen molar-refractivity contribution in [3.8, 4) is 0 Å². The first-order chi connectivity index (χ1) is 7.25. The summed E-state index contributed by atoms with van der Waals surface area (Å²) in [5.74, 6) is 2.11. The normalized spacial score (nSPS) is 15.9. The molecule has 84 valence electrons. The van der Waals surface area contributed by atoms with Crippen LogP contribution in [-0.4, -0.2) is 28.6 Å². The lowest BCUT2D eigenvalue weighted by Crippen LogP contribution is -2.19. The van der Waals surface area contributed by atoms with Crippen molar-refractivity contribution in [3.05, 3.63) is 11.8 Å². The second-order valence-corrected chi connectivity index (χ2v) is 5.36. The van der Waals surface area contributed by atoms with Crippen molar-refractivity contribution in [2.75, 3.05) is 18.8 Å². The first-order valence-electron chi connectivity index (χ1n) is 5.60. The van der Waals surface area contributed by atoms with Gasteiger partial charge in [0.15, 0.2) is 0 Å². The average Bonchev–Trinajstić information content (AvgIpc) is 2.94. The smallest absolute Gasteiger partial charge is 0.0939 e. The van der Waals surface area contributed by atoms with E-state index in [1.165, 1.54) is 24.4 Å². The molecule has 0 aromatic carbocycles. The molecule has 3 nitrogen and oxygen atoms in total. The minimum atomic E-state index is 0.981. The average molecular weight is 225 g/mol. The number of aromatic nitrogens is 2. The maximum Gasteiger partial charge on any atom is 0.0939 e. The Kier molecular flexibility index (Phi) is 3.70. The Morgan fingerprint density at radius 3 is 3.00 bits per heavy atom. The summed E-state index contributed by atoms with van der Waals surface area (Å²) in [7, 11) is 2.01. The monoisotopic (exact) mass is 225 g/mol. The van der Waals surface area contributed by atoms with Gasteiger partial charge in [-0.3, -0.25) is 4.68 Å². The summed E-state index contributed by atoms with van der Waals surface area (Å²) in [6.07, 6.45) is 2.86. The van der Waals surface area contributed by atoms with Crippen molar-refractivity contribution in [2.45, 2.75) is 24.8 Å². The van der Waals surface area contributed by atoms with Gasteiger partial charge in [-0.2, -0.15) is 5.10 Å². The summed E-state index contributed by atoms with van der Waals surface area (Å²) in [4.78, 5) is 0. The van der Waals surface area contributed by atoms with E-state index in [-0.39, 0.29) is 0 Å². The molecule has 0 saturated heterocycles. The summed E-state index contributed by atoms with van der Waals surface area (Å²) in [5, 5.41) is 9.08. The van der Waals surface area contributed by atoms with Crippen LogP contribution < -0.4 is 5.32 Å². The highest BCUT2D eigenvalue weighted by Gasteiger charge is 2.19. The maximum atomic E-state index is 4.32. The van der Waals surface area contributed by atoms with E-state index in [1.54, 1.807) is 0 Å². The highest BCUT2D eigenvalue weighted by molar-refractivity contribution is 7.99. The van der Waals surface area contributed by atoms with Gasteiger partial charge >= 0.3 is 0 Å². The maximum absolute atomic E-state index is 4.32. The van der Waals surface area contributed by atoms with E-state index in [1.807, 2.05) is 30.4 Å². The van der Waals surface area contributed by atoms with Gasteiger partial charge in [0, 0.05) is 19.3 Å². The third-order valence-electron chi connectivity index (χ3n) is 2.62. The van der Waals surface area contributed by atoms with Crippen LogP contribution in [0.25, 0.3) is 0 Å². The van der Waals surface area contributed by atoms with Crippen LogP contribution in [0, 0.1) is 12.8 Å². The van der Waals surface area contributed by atoms with Crippen LogP contribution in [0.5, 0.6) is 0 Å². The minimum absolute atomic E-state index is 0.981. The van der Waals surface area contributed by atoms with Gasteiger partial charge in [-0.05, 0) is 38.3 Å². The molecule has 1 heterocycles. The van der Waals surface area contributed by atoms with Gasteiger partial charge in [-0.15, -0.1) is 11.8 Å². The van der Waals surface area contributed by atoms with Crippen LogP contribution in [0.3, 0.4) is 0 Å². The molecular weight excluding hydrogens is 206 g/mol. The third-order valence-corrected chi connectivity index (χ3v) is 3.70. The Balaban J connectivity index is 1.62. The zero-order chi connectivity index (χ0) is 10.7. The lowest BCUT2D eigenvalue weighted by molar-refractivity contribution is 0.663. The quantitative estimate of drug-likeness (QED) is 0.591. The zero-order valence-electron chi connectivity index (χ0n) is 9.49. The largest absolute Gasteiger partial charge is 0.316 e. The van der Waals surface area contributed by atoms with Crippen molar-refractivity contribution >= 4 is 11.8 Å². The van der Waals surface area contributed by atoms with Gasteiger partial charge in [0.25, 0.3) is 0 Å². The van der Waals surface area contributed by atoms with Crippen LogP contribution in [0.2, 0.25) is 0 Å². The SMILES string of the molecule is Cc1cc(SCCNCC2CC2)n(C)n1. The van der Waals surface area contributed by atoms with Crippen LogP contribution >= 0.6 is 11.8 Å². The number of hydrogen-bond acceptors (Lipinski definition) is 3. The van der Waals surface area contributed by atoms with Crippen LogP contribution in [0.4, 0.5) is 0 Å². The summed E-state index contributed by atoms with van der Waals surface area (Å²) in [5.41, 5.74) is 1.10. The molecule has 1 N–H and O–H groups in total. The number of rotatable bonds is 6. The number of aryl methyl sites for hydroxylation is 2. The molecule has 0 spiro atoms. The van der Waals surface area contributed by atoms with Crippen molar-refractivity contribution in [2.24, 2.45) is 13.0 Å². The molecule has 15 heavy (non-hydrogen) atoms. The second-order valence-electron chi connectivity index (χ2n) is 4.24. The summed E-state index contributed by atoms with van der Waals surface area (Å²) < 4.78 is 1.96. The van der Waals surface area contributed by atoms with Crippen molar-refractivity contribution in [3.63, 3.8) is 0 Å². The van der Waals surface area contributed by atoms with Gasteiger partial charge in [0.05, 0.1) is 10.7 Å². The van der Waals surface area contributed by atoms with Crippen molar-refractivity contribution in [1.82, 2.24) is 15.1 Å². The van der Waals surface area contributed by atoms with Gasteiger partial charge < -0.3 is 5.32 Å². The summed E-state index contributed by atoms with van der Waals surface area (Å²) in [6.45, 7) is 4.35. The second kappa shape index (κ2) is 5.03. The third kappa shape index (κ3) is 3.54. The van der Waals surface area contributed by atoms with Gasteiger partial charge in [0.1, 0.15) is 0 Å². The first kappa shape index (κ1) is 11.0. The summed E-state index contributed by atoms with van der Waals surface area (Å²) >= 11 is 1.88. The molecule has 0 unspecified atom stereocenters. The van der Waals surface area contributed by atoms with Crippen molar-refractivity contribution < 1.29 is 0 Å². The lowest BCUT2D eigenvalue weighted by Gasteiger charge is -2.03. The Labute approximate surface area is 95.6 Å². The van der Waals surface area contributed by atoms with E-state index >= 15 is 0 Å². The highest BCUT2D eigenvalue weighted by atomic mass is 32.2. The molecular formula is C11H19N3S. The molecule has 1 aromatic heterocycles. The fourth-order valence-electron chi connectivity index (χ4n) is 1.58. The molecule has 1 fully saturated rings. The number of nitrogens with one attached hydrogen (secondary N) is 1. The topological polar surface area (TPSA) is 29.9 Å². The van der Waals surface area contributed by atoms with Crippen LogP contribution in [0.1, 0.15) is 18.5 Å². The minimum Gasteiger partial charge on any atom is -0.316 e. The van der Waals surface area contributed by atoms with Crippen molar-refractivity contribution in [1.29, 1.82) is 0 Å². The fourth-order valence-corrected chi connectivity index (χ4v) is 2.51. The van der Waals surface area contributed by atoms with Crippen LogP contribution in [-0.2, 0) is 7.05 Å². The molecule has 1 aromatic rings. The Hall–Kier alpha value is -0.480. The predicted molar refractivity (Wildman–Crippen MR) is 64.3 cm³/mol. The molecule has 4 heteroatoms. The van der Waals surface area contributed by atoms with E-state index in [9.17, 15) is 0 Å². The predicted octanol–water partition coefficient (Wildman–Crippen LogP) is 1.82. The number of thioether (sulfide) groups is 1. The molecule has 1 saturated carbocycles. The van der Waals surface area contributed by atoms with E-state index in [0.717, 1.165) is 23.9 Å². The van der Waals surface area contributed by atoms with E-state index in [0.29, 0.717) is 0 Å². The zero-order valence-corrected chi connectivity index (χ0v) is 10.3. The molecule has 0 aliphatic heterocycles. The lowest BCUT2D eigenvalue weighted by atomic mass is 10.4. The van der Waals surface area contributed by atoms with E-state index in [2.05, 4.69) is 16.5 Å². The van der Waals surface area contributed by atoms with E-state index < -0.39 is 0 Å². The fraction of sp³-hybridized carbons (Fsp3) is 0.727. The van der Waals surface area contributed by atoms with Crippen LogP contribution in [0.15, 0.2) is 11.1 Å². The molecule has 0 bridgehead atoms. The Morgan fingerprint density at radius 2 is 2.40 bits per heavy atom. The Morgan fingerprint density at radius 1 is 1.60 bits per heavy atom. The summed E-state index contributed by atoms with van der Waals surface area (Å²) in [6, 6.07) is 2.14. The first-order valence-corrected chi connectivity index (χ1v) is 6.58. The van der Waals surface area contributed by atoms with Gasteiger partial charge in [-0.1, -0.05) is 0 Å². The van der Waals surface area contributed by atoms with E-state index in [4.69, 9.17) is 0 Å². The highest BCUT2D eigenvalue weighted by Crippen LogP contribution is 2.27. The van der Waals surface area contributed by atoms with Gasteiger partial charge in [0.2, 0.25) is 0 Å². The number of nitrogens with zero attached hydrogens (tertiary/aromatic N) is 2. The molecule has 1 aliphatic rings. The molecule has 0 atom stereocenters. The standard InChI is InChI=1S/C11H19N3S/c1-9-7-11(14(2)13-9)15-6-5-12-8-10-3-4-10/h7,10,12H,3-6,8H2,1-2H3. The Bertz CT molecular complexity index is 318. The van der Waals surface area contributed by atoms with Gasteiger partial charge in [-0.25, -0.2) is 0 Å². The molecule has 1 aliphatic carbocycles. The molecule has 2 rings (SSSR count). The number of hydrogen-bond donors (Lipinski definition) is 1.